The van der Waals surface area contributed by atoms with Crippen molar-refractivity contribution < 1.29 is 8.42 Å². The second-order valence-electron chi connectivity index (χ2n) is 2.09. The Bertz CT molecular complexity index is 493. The quantitative estimate of drug-likeness (QED) is 0.350. The molecule has 0 spiro atoms. The van der Waals surface area contributed by atoms with E-state index in [2.05, 4.69) is 43.8 Å². The van der Waals surface area contributed by atoms with Gasteiger partial charge in [0.25, 0.3) is 0 Å². The average Bonchev–Trinajstić information content (AvgIpc) is 2.19. The molecule has 84 valence electrons. The van der Waals surface area contributed by atoms with Crippen molar-refractivity contribution in [3.63, 3.8) is 0 Å². The van der Waals surface area contributed by atoms with E-state index in [0.717, 1.165) is 0 Å². The number of hydrogen-bond donors (Lipinski definition) is 0. The zero-order valence-electron chi connectivity index (χ0n) is 7.67. The number of benzene rings is 1. The van der Waals surface area contributed by atoms with Gasteiger partial charge in [-0.2, -0.15) is 0 Å². The summed E-state index contributed by atoms with van der Waals surface area (Å²) in [5.74, 6) is 0. The number of halogens is 1. The maximum Gasteiger partial charge on any atom is 0.321 e. The molecule has 10 heteroatoms. The molecule has 0 bridgehead atoms. The van der Waals surface area contributed by atoms with Crippen molar-refractivity contribution in [3.05, 3.63) is 54.8 Å². The maximum absolute atomic E-state index is 9.99. The largest absolute Gasteiger partial charge is 0.321 e. The summed E-state index contributed by atoms with van der Waals surface area (Å²) in [4.78, 5) is 3.80. The molecule has 0 aliphatic carbocycles. The first-order valence-corrected chi connectivity index (χ1v) is 6.07. The van der Waals surface area contributed by atoms with E-state index >= 15 is 0 Å². The third kappa shape index (κ3) is 7.88. The minimum absolute atomic E-state index is 1.29. The van der Waals surface area contributed by atoms with Gasteiger partial charge in [-0.3, -0.25) is 0 Å². The number of nitrogens with zero attached hydrogens (tertiary/aromatic N) is 6. The molecule has 0 saturated heterocycles. The van der Waals surface area contributed by atoms with Crippen molar-refractivity contribution >= 4 is 32.8 Å². The zero-order chi connectivity index (χ0) is 12.4. The van der Waals surface area contributed by atoms with Crippen LogP contribution >= 0.6 is 22.6 Å². The first kappa shape index (κ1) is 14.5. The van der Waals surface area contributed by atoms with E-state index in [1.807, 2.05) is 28.0 Å². The lowest BCUT2D eigenvalue weighted by atomic mass is 10.4. The lowest BCUT2D eigenvalue weighted by Gasteiger charge is -1.80. The van der Waals surface area contributed by atoms with Gasteiger partial charge >= 0.3 is 10.2 Å². The summed E-state index contributed by atoms with van der Waals surface area (Å²) in [5.41, 5.74) is 15.0. The first-order valence-electron chi connectivity index (χ1n) is 3.60. The smallest absolute Gasteiger partial charge is 0.213 e. The second-order valence-corrected chi connectivity index (χ2v) is 4.55. The Kier molecular flexibility index (Phi) is 7.05. The normalized spacial score (nSPS) is 8.81. The van der Waals surface area contributed by atoms with Crippen molar-refractivity contribution in [1.29, 1.82) is 0 Å². The highest BCUT2D eigenvalue weighted by Gasteiger charge is 1.99. The molecule has 0 saturated carbocycles. The predicted molar refractivity (Wildman–Crippen MR) is 66.4 cm³/mol. The van der Waals surface area contributed by atoms with Crippen LogP contribution in [0.3, 0.4) is 0 Å². The summed E-state index contributed by atoms with van der Waals surface area (Å²) in [7, 11) is -4.27. The van der Waals surface area contributed by atoms with E-state index in [4.69, 9.17) is 11.1 Å². The van der Waals surface area contributed by atoms with Crippen molar-refractivity contribution in [3.8, 4) is 0 Å². The maximum atomic E-state index is 9.99. The molecule has 0 aliphatic rings. The molecule has 1 aromatic rings. The molecule has 1 aromatic carbocycles. The topological polar surface area (TPSA) is 132 Å². The van der Waals surface area contributed by atoms with Crippen LogP contribution in [0.1, 0.15) is 0 Å². The van der Waals surface area contributed by atoms with E-state index in [-0.39, 0.29) is 0 Å². The highest BCUT2D eigenvalue weighted by atomic mass is 127. The van der Waals surface area contributed by atoms with Gasteiger partial charge in [0, 0.05) is 22.4 Å². The molecule has 0 N–H and O–H groups in total. The van der Waals surface area contributed by atoms with E-state index < -0.39 is 10.2 Å². The van der Waals surface area contributed by atoms with E-state index in [1.54, 1.807) is 0 Å². The molecular formula is C6H5IN6O2S. The van der Waals surface area contributed by atoms with Crippen LogP contribution in [0, 0.1) is 3.57 Å². The summed E-state index contributed by atoms with van der Waals surface area (Å²) < 4.78 is 25.6. The lowest BCUT2D eigenvalue weighted by molar-refractivity contribution is 0.599. The van der Waals surface area contributed by atoms with Gasteiger partial charge in [0.15, 0.2) is 0 Å². The Morgan fingerprint density at radius 3 is 1.75 bits per heavy atom. The van der Waals surface area contributed by atoms with E-state index in [9.17, 15) is 8.42 Å². The Morgan fingerprint density at radius 2 is 1.50 bits per heavy atom. The fourth-order valence-electron chi connectivity index (χ4n) is 0.523. The molecule has 0 heterocycles. The third-order valence-corrected chi connectivity index (χ3v) is 2.29. The number of azide groups is 1. The predicted octanol–water partition coefficient (Wildman–Crippen LogP) is 3.14. The molecule has 0 amide bonds. The highest BCUT2D eigenvalue weighted by Crippen LogP contribution is 1.99. The molecule has 0 aromatic heterocycles. The first-order chi connectivity index (χ1) is 7.52. The van der Waals surface area contributed by atoms with Crippen molar-refractivity contribution in [2.75, 3.05) is 0 Å². The minimum atomic E-state index is -4.27. The third-order valence-electron chi connectivity index (χ3n) is 1.01. The summed E-state index contributed by atoms with van der Waals surface area (Å²) in [6, 6.07) is 10.2. The van der Waals surface area contributed by atoms with Crippen LogP contribution in [0.15, 0.2) is 39.4 Å². The molecular weight excluding hydrogens is 347 g/mol. The summed E-state index contributed by atoms with van der Waals surface area (Å²) in [5, 5.41) is 0. The molecule has 0 radical (unpaired) electrons. The Labute approximate surface area is 105 Å². The van der Waals surface area contributed by atoms with Gasteiger partial charge in [-0.15, -0.1) is 0 Å². The zero-order valence-corrected chi connectivity index (χ0v) is 10.6. The van der Waals surface area contributed by atoms with Gasteiger partial charge in [-0.1, -0.05) is 18.2 Å². The van der Waals surface area contributed by atoms with Crippen LogP contribution in [0.25, 0.3) is 20.9 Å². The SMILES string of the molecule is Ic1ccccc1.[N-]=[N+]=NS(=O)(=O)N=[N+]=[N-]. The number of rotatable bonds is 2. The van der Waals surface area contributed by atoms with Crippen LogP contribution < -0.4 is 0 Å². The monoisotopic (exact) mass is 352 g/mol. The molecule has 1 rings (SSSR count). The summed E-state index contributed by atoms with van der Waals surface area (Å²) in [6.07, 6.45) is 0. The highest BCUT2D eigenvalue weighted by molar-refractivity contribution is 14.1. The van der Waals surface area contributed by atoms with E-state index in [0.29, 0.717) is 0 Å². The van der Waals surface area contributed by atoms with Crippen molar-refractivity contribution in [2.24, 2.45) is 9.04 Å². The minimum Gasteiger partial charge on any atom is -0.213 e. The van der Waals surface area contributed by atoms with Crippen LogP contribution in [0.4, 0.5) is 0 Å². The molecule has 0 fully saturated rings. The van der Waals surface area contributed by atoms with Crippen LogP contribution in [0.2, 0.25) is 0 Å². The molecule has 16 heavy (non-hydrogen) atoms. The van der Waals surface area contributed by atoms with E-state index in [1.165, 1.54) is 3.57 Å². The molecule has 8 nitrogen and oxygen atoms in total. The standard InChI is InChI=1S/C6H5I.N6O2S/c7-6-4-2-1-3-5-6;1-3-5-9(7,8)6-4-2/h1-5H;. The van der Waals surface area contributed by atoms with Gasteiger partial charge in [0.1, 0.15) is 0 Å². The number of hydrogen-bond acceptors (Lipinski definition) is 2. The molecule has 0 atom stereocenters. The van der Waals surface area contributed by atoms with Gasteiger partial charge in [-0.05, 0) is 45.8 Å². The molecule has 0 unspecified atom stereocenters. The van der Waals surface area contributed by atoms with Gasteiger partial charge < -0.3 is 0 Å². The lowest BCUT2D eigenvalue weighted by Crippen LogP contribution is -1.82. The van der Waals surface area contributed by atoms with Gasteiger partial charge in [-0.25, -0.2) is 8.42 Å². The Balaban J connectivity index is 0.000000288. The average molecular weight is 352 g/mol. The van der Waals surface area contributed by atoms with Gasteiger partial charge in [0.2, 0.25) is 0 Å². The van der Waals surface area contributed by atoms with Crippen molar-refractivity contribution in [1.82, 2.24) is 0 Å². The Hall–Kier alpha value is -1.48. The van der Waals surface area contributed by atoms with Crippen LogP contribution in [-0.2, 0) is 10.2 Å². The summed E-state index contributed by atoms with van der Waals surface area (Å²) >= 11 is 2.28. The summed E-state index contributed by atoms with van der Waals surface area (Å²) in [6.45, 7) is 0. The van der Waals surface area contributed by atoms with Gasteiger partial charge in [0.05, 0.1) is 0 Å². The van der Waals surface area contributed by atoms with Crippen LogP contribution in [0.5, 0.6) is 0 Å². The molecule has 0 aliphatic heterocycles. The fourth-order valence-corrected chi connectivity index (χ4v) is 1.16. The Morgan fingerprint density at radius 1 is 1.06 bits per heavy atom. The fraction of sp³-hybridized carbons (Fsp3) is 0. The van der Waals surface area contributed by atoms with Crippen LogP contribution in [-0.4, -0.2) is 8.42 Å². The van der Waals surface area contributed by atoms with Crippen molar-refractivity contribution in [2.45, 2.75) is 0 Å². The second kappa shape index (κ2) is 7.77.